The molecule has 0 aliphatic rings. The summed E-state index contributed by atoms with van der Waals surface area (Å²) in [5.41, 5.74) is 16.7. The largest absolute Gasteiger partial charge is 0.329 e. The van der Waals surface area contributed by atoms with E-state index >= 15 is 0 Å². The number of nitrogens with one attached hydrogen (secondary N) is 1. The van der Waals surface area contributed by atoms with E-state index in [0.29, 0.717) is 12.6 Å². The van der Waals surface area contributed by atoms with E-state index < -0.39 is 0 Å². The normalized spacial score (nSPS) is 17.0. The Bertz CT molecular complexity index is 266. The van der Waals surface area contributed by atoms with Crippen molar-refractivity contribution in [2.75, 3.05) is 27.2 Å². The molecule has 130 valence electrons. The number of likely N-dealkylation sites (N-methyl/N-ethyl adjacent to an activating group) is 1. The van der Waals surface area contributed by atoms with Crippen LogP contribution in [-0.4, -0.2) is 54.7 Å². The molecule has 0 saturated heterocycles. The van der Waals surface area contributed by atoms with Crippen LogP contribution in [0.1, 0.15) is 54.9 Å². The van der Waals surface area contributed by atoms with Crippen molar-refractivity contribution >= 4 is 0 Å². The smallest absolute Gasteiger partial charge is 0.0300 e. The van der Waals surface area contributed by atoms with Gasteiger partial charge >= 0.3 is 0 Å². The van der Waals surface area contributed by atoms with Crippen molar-refractivity contribution < 1.29 is 0 Å². The molecule has 0 aromatic carbocycles. The van der Waals surface area contributed by atoms with Crippen LogP contribution in [0.3, 0.4) is 0 Å². The molecule has 0 rings (SSSR count). The van der Waals surface area contributed by atoms with Gasteiger partial charge in [-0.15, -0.1) is 0 Å². The average molecular weight is 304 g/mol. The van der Waals surface area contributed by atoms with Crippen LogP contribution in [-0.2, 0) is 0 Å². The highest BCUT2D eigenvalue weighted by atomic mass is 15.2. The molecule has 21 heavy (non-hydrogen) atoms. The number of rotatable bonds is 7. The van der Waals surface area contributed by atoms with Crippen LogP contribution < -0.4 is 22.5 Å². The average Bonchev–Trinajstić information content (AvgIpc) is 2.34. The molecule has 0 aromatic heterocycles. The lowest BCUT2D eigenvalue weighted by atomic mass is 9.81. The molecular formula is C16H41N5. The summed E-state index contributed by atoms with van der Waals surface area (Å²) in [6.07, 6.45) is 0.913. The van der Waals surface area contributed by atoms with Crippen molar-refractivity contribution in [3.8, 4) is 0 Å². The molecule has 0 amide bonds. The Balaban J connectivity index is 0. The second kappa shape index (κ2) is 9.06. The van der Waals surface area contributed by atoms with Crippen molar-refractivity contribution in [3.63, 3.8) is 0 Å². The summed E-state index contributed by atoms with van der Waals surface area (Å²) in [4.78, 5) is 2.22. The Morgan fingerprint density at radius 2 is 1.48 bits per heavy atom. The standard InChI is InChI=1S/C9H23N3.C7H18N2/c1-8(11-7-6-10)9(2,3)12(4)5;1-5-7(4,9)6(2,3)8/h8,11H,6-7,10H2,1-5H3;5,8-9H2,1-4H3. The molecule has 0 spiro atoms. The number of hydrogen-bond acceptors (Lipinski definition) is 5. The van der Waals surface area contributed by atoms with Gasteiger partial charge in [0.1, 0.15) is 0 Å². The summed E-state index contributed by atoms with van der Waals surface area (Å²) < 4.78 is 0. The summed E-state index contributed by atoms with van der Waals surface area (Å²) in [6, 6.07) is 0.455. The van der Waals surface area contributed by atoms with Gasteiger partial charge < -0.3 is 27.4 Å². The van der Waals surface area contributed by atoms with Gasteiger partial charge in [0, 0.05) is 35.7 Å². The SMILES string of the molecule is CC(NCCN)C(C)(C)N(C)C.CCC(C)(N)C(C)(C)N. The van der Waals surface area contributed by atoms with Gasteiger partial charge in [-0.05, 0) is 62.1 Å². The minimum absolute atomic E-state index is 0.176. The van der Waals surface area contributed by atoms with Crippen LogP contribution >= 0.6 is 0 Å². The summed E-state index contributed by atoms with van der Waals surface area (Å²) in [5.74, 6) is 0. The van der Waals surface area contributed by atoms with E-state index in [2.05, 4.69) is 52.0 Å². The molecule has 5 heteroatoms. The van der Waals surface area contributed by atoms with E-state index in [1.54, 1.807) is 0 Å². The topological polar surface area (TPSA) is 93.3 Å². The molecule has 0 aromatic rings. The van der Waals surface area contributed by atoms with Crippen LogP contribution in [0.15, 0.2) is 0 Å². The molecule has 0 fully saturated rings. The molecule has 0 radical (unpaired) electrons. The number of hydrogen-bond donors (Lipinski definition) is 4. The fourth-order valence-electron chi connectivity index (χ4n) is 1.39. The van der Waals surface area contributed by atoms with Gasteiger partial charge in [-0.2, -0.15) is 0 Å². The third-order valence-corrected chi connectivity index (χ3v) is 5.01. The second-order valence-electron chi connectivity index (χ2n) is 7.51. The van der Waals surface area contributed by atoms with E-state index in [1.807, 2.05) is 20.8 Å². The first-order chi connectivity index (χ1) is 9.24. The first-order valence-electron chi connectivity index (χ1n) is 7.92. The lowest BCUT2D eigenvalue weighted by molar-refractivity contribution is 0.147. The third kappa shape index (κ3) is 8.12. The Labute approximate surface area is 133 Å². The van der Waals surface area contributed by atoms with Crippen molar-refractivity contribution in [1.82, 2.24) is 10.2 Å². The van der Waals surface area contributed by atoms with Gasteiger partial charge in [0.15, 0.2) is 0 Å². The van der Waals surface area contributed by atoms with Crippen LogP contribution in [0.4, 0.5) is 0 Å². The molecule has 2 atom stereocenters. The van der Waals surface area contributed by atoms with Gasteiger partial charge in [-0.25, -0.2) is 0 Å². The maximum atomic E-state index is 5.87. The van der Waals surface area contributed by atoms with Crippen LogP contribution in [0.2, 0.25) is 0 Å². The Kier molecular flexibility index (Phi) is 9.95. The van der Waals surface area contributed by atoms with Crippen LogP contribution in [0, 0.1) is 0 Å². The van der Waals surface area contributed by atoms with Crippen molar-refractivity contribution in [3.05, 3.63) is 0 Å². The van der Waals surface area contributed by atoms with Gasteiger partial charge in [0.05, 0.1) is 0 Å². The minimum Gasteiger partial charge on any atom is -0.329 e. The van der Waals surface area contributed by atoms with E-state index in [1.165, 1.54) is 0 Å². The predicted molar refractivity (Wildman–Crippen MR) is 95.4 cm³/mol. The fourth-order valence-corrected chi connectivity index (χ4v) is 1.39. The fraction of sp³-hybridized carbons (Fsp3) is 1.00. The second-order valence-corrected chi connectivity index (χ2v) is 7.51. The predicted octanol–water partition coefficient (Wildman–Crippen LogP) is 1.11. The van der Waals surface area contributed by atoms with Gasteiger partial charge in [0.2, 0.25) is 0 Å². The summed E-state index contributed by atoms with van der Waals surface area (Å²) in [6.45, 7) is 16.2. The molecule has 5 nitrogen and oxygen atoms in total. The maximum Gasteiger partial charge on any atom is 0.0300 e. The molecular weight excluding hydrogens is 262 g/mol. The Hall–Kier alpha value is -0.200. The highest BCUT2D eigenvalue weighted by molar-refractivity contribution is 4.96. The quantitative estimate of drug-likeness (QED) is 0.565. The van der Waals surface area contributed by atoms with Gasteiger partial charge in [-0.3, -0.25) is 0 Å². The lowest BCUT2D eigenvalue weighted by Crippen LogP contribution is -2.60. The van der Waals surface area contributed by atoms with E-state index in [0.717, 1.165) is 13.0 Å². The number of nitrogens with two attached hydrogens (primary N) is 3. The zero-order chi connectivity index (χ0) is 17.5. The lowest BCUT2D eigenvalue weighted by Gasteiger charge is -2.38. The van der Waals surface area contributed by atoms with Gasteiger partial charge in [-0.1, -0.05) is 6.92 Å². The van der Waals surface area contributed by atoms with Crippen LogP contribution in [0.5, 0.6) is 0 Å². The van der Waals surface area contributed by atoms with E-state index in [-0.39, 0.29) is 16.6 Å². The summed E-state index contributed by atoms with van der Waals surface area (Å²) in [7, 11) is 4.20. The zero-order valence-electron chi connectivity index (χ0n) is 15.9. The minimum atomic E-state index is -0.276. The van der Waals surface area contributed by atoms with Gasteiger partial charge in [0.25, 0.3) is 0 Å². The maximum absolute atomic E-state index is 5.87. The first kappa shape index (κ1) is 23.1. The molecule has 0 bridgehead atoms. The highest BCUT2D eigenvalue weighted by Gasteiger charge is 2.31. The van der Waals surface area contributed by atoms with E-state index in [9.17, 15) is 0 Å². The molecule has 0 aliphatic heterocycles. The molecule has 0 heterocycles. The zero-order valence-corrected chi connectivity index (χ0v) is 15.9. The Morgan fingerprint density at radius 3 is 1.67 bits per heavy atom. The summed E-state index contributed by atoms with van der Waals surface area (Å²) >= 11 is 0. The summed E-state index contributed by atoms with van der Waals surface area (Å²) in [5, 5.41) is 3.39. The molecule has 2 unspecified atom stereocenters. The first-order valence-corrected chi connectivity index (χ1v) is 7.92. The van der Waals surface area contributed by atoms with Crippen molar-refractivity contribution in [2.45, 2.75) is 77.5 Å². The number of nitrogens with zero attached hydrogens (tertiary/aromatic N) is 1. The Morgan fingerprint density at radius 1 is 1.05 bits per heavy atom. The molecule has 0 saturated carbocycles. The van der Waals surface area contributed by atoms with Crippen LogP contribution in [0.25, 0.3) is 0 Å². The third-order valence-electron chi connectivity index (χ3n) is 5.01. The van der Waals surface area contributed by atoms with Crippen molar-refractivity contribution in [1.29, 1.82) is 0 Å². The highest BCUT2D eigenvalue weighted by Crippen LogP contribution is 2.18. The monoisotopic (exact) mass is 303 g/mol. The molecule has 7 N–H and O–H groups in total. The molecule has 0 aliphatic carbocycles. The van der Waals surface area contributed by atoms with E-state index in [4.69, 9.17) is 17.2 Å². The van der Waals surface area contributed by atoms with Crippen molar-refractivity contribution in [2.24, 2.45) is 17.2 Å².